The summed E-state index contributed by atoms with van der Waals surface area (Å²) in [6.45, 7) is 2.35. The normalized spacial score (nSPS) is 16.9. The van der Waals surface area contributed by atoms with E-state index < -0.39 is 5.92 Å². The predicted octanol–water partition coefficient (Wildman–Crippen LogP) is 4.11. The highest BCUT2D eigenvalue weighted by molar-refractivity contribution is 5.99. The molecule has 0 radical (unpaired) electrons. The molecule has 0 bridgehead atoms. The second-order valence-electron chi connectivity index (χ2n) is 6.67. The van der Waals surface area contributed by atoms with E-state index in [0.29, 0.717) is 12.3 Å². The number of ether oxygens (including phenoxy) is 1. The van der Waals surface area contributed by atoms with Crippen LogP contribution in [0.5, 0.6) is 5.75 Å². The number of aryl methyl sites for hydroxylation is 1. The summed E-state index contributed by atoms with van der Waals surface area (Å²) < 4.78 is 5.54. The van der Waals surface area contributed by atoms with Crippen molar-refractivity contribution in [3.05, 3.63) is 72.3 Å². The minimum Gasteiger partial charge on any atom is -0.426 e. The van der Waals surface area contributed by atoms with Crippen LogP contribution in [-0.4, -0.2) is 18.4 Å². The Morgan fingerprint density at radius 1 is 1.00 bits per heavy atom. The van der Waals surface area contributed by atoms with Gasteiger partial charge in [-0.3, -0.25) is 9.59 Å². The molecule has 0 N–H and O–H groups in total. The smallest absolute Gasteiger partial charge is 0.316 e. The van der Waals surface area contributed by atoms with Crippen molar-refractivity contribution in [2.75, 3.05) is 11.4 Å². The van der Waals surface area contributed by atoms with Crippen molar-refractivity contribution in [1.29, 1.82) is 0 Å². The number of esters is 1. The van der Waals surface area contributed by atoms with E-state index in [9.17, 15) is 9.59 Å². The molecule has 1 heterocycles. The average Bonchev–Trinajstić information content (AvgIpc) is 3.04. The molecule has 1 aliphatic rings. The fourth-order valence-electron chi connectivity index (χ4n) is 3.27. The summed E-state index contributed by atoms with van der Waals surface area (Å²) in [5, 5.41) is 2.11. The van der Waals surface area contributed by atoms with Crippen molar-refractivity contribution in [2.24, 2.45) is 5.92 Å². The summed E-state index contributed by atoms with van der Waals surface area (Å²) in [6.07, 6.45) is 0.181. The SMILES string of the molecule is Cc1ccc(N2C[C@@H](C(=O)Oc3ccc4ccccc4c3)CC2=O)cc1. The van der Waals surface area contributed by atoms with Gasteiger partial charge < -0.3 is 9.64 Å². The number of rotatable bonds is 3. The molecular formula is C22H19NO3. The summed E-state index contributed by atoms with van der Waals surface area (Å²) in [5.41, 5.74) is 1.95. The number of hydrogen-bond acceptors (Lipinski definition) is 3. The second-order valence-corrected chi connectivity index (χ2v) is 6.67. The molecule has 3 aromatic carbocycles. The molecule has 130 valence electrons. The Bertz CT molecular complexity index is 978. The minimum atomic E-state index is -0.449. The van der Waals surface area contributed by atoms with E-state index in [4.69, 9.17) is 4.74 Å². The zero-order chi connectivity index (χ0) is 18.1. The van der Waals surface area contributed by atoms with Crippen LogP contribution in [0.2, 0.25) is 0 Å². The topological polar surface area (TPSA) is 46.6 Å². The first-order valence-corrected chi connectivity index (χ1v) is 8.68. The first-order valence-electron chi connectivity index (χ1n) is 8.68. The van der Waals surface area contributed by atoms with Gasteiger partial charge in [-0.05, 0) is 42.0 Å². The van der Waals surface area contributed by atoms with Gasteiger partial charge >= 0.3 is 5.97 Å². The maximum Gasteiger partial charge on any atom is 0.316 e. The van der Waals surface area contributed by atoms with Crippen molar-refractivity contribution in [2.45, 2.75) is 13.3 Å². The molecule has 0 saturated carbocycles. The summed E-state index contributed by atoms with van der Waals surface area (Å²) in [6, 6.07) is 21.2. The molecule has 0 unspecified atom stereocenters. The Morgan fingerprint density at radius 3 is 2.50 bits per heavy atom. The van der Waals surface area contributed by atoms with E-state index in [1.807, 2.05) is 67.6 Å². The lowest BCUT2D eigenvalue weighted by molar-refractivity contribution is -0.139. The van der Waals surface area contributed by atoms with Crippen LogP contribution in [0.25, 0.3) is 10.8 Å². The monoisotopic (exact) mass is 345 g/mol. The molecule has 4 heteroatoms. The van der Waals surface area contributed by atoms with E-state index in [1.54, 1.807) is 11.0 Å². The molecule has 1 atom stereocenters. The third-order valence-electron chi connectivity index (χ3n) is 4.74. The van der Waals surface area contributed by atoms with Crippen LogP contribution in [-0.2, 0) is 9.59 Å². The van der Waals surface area contributed by atoms with Crippen molar-refractivity contribution < 1.29 is 14.3 Å². The summed E-state index contributed by atoms with van der Waals surface area (Å²) in [5.74, 6) is -0.345. The van der Waals surface area contributed by atoms with Crippen LogP contribution in [0.1, 0.15) is 12.0 Å². The predicted molar refractivity (Wildman–Crippen MR) is 101 cm³/mol. The number of hydrogen-bond donors (Lipinski definition) is 0. The van der Waals surface area contributed by atoms with Crippen molar-refractivity contribution in [3.63, 3.8) is 0 Å². The van der Waals surface area contributed by atoms with Crippen LogP contribution in [0.3, 0.4) is 0 Å². The van der Waals surface area contributed by atoms with E-state index in [-0.39, 0.29) is 18.3 Å². The Morgan fingerprint density at radius 2 is 1.73 bits per heavy atom. The molecule has 4 nitrogen and oxygen atoms in total. The fraction of sp³-hybridized carbons (Fsp3) is 0.182. The number of amides is 1. The van der Waals surface area contributed by atoms with Crippen LogP contribution >= 0.6 is 0 Å². The molecule has 0 aromatic heterocycles. The van der Waals surface area contributed by atoms with Gasteiger partial charge in [0, 0.05) is 18.7 Å². The molecule has 0 aliphatic carbocycles. The van der Waals surface area contributed by atoms with Crippen molar-refractivity contribution >= 4 is 28.3 Å². The number of benzene rings is 3. The van der Waals surface area contributed by atoms with Crippen molar-refractivity contribution in [1.82, 2.24) is 0 Å². The van der Waals surface area contributed by atoms with Gasteiger partial charge in [0.05, 0.1) is 5.92 Å². The Kier molecular flexibility index (Phi) is 4.17. The van der Waals surface area contributed by atoms with Crippen LogP contribution in [0.4, 0.5) is 5.69 Å². The van der Waals surface area contributed by atoms with Gasteiger partial charge in [-0.2, -0.15) is 0 Å². The highest BCUT2D eigenvalue weighted by Crippen LogP contribution is 2.27. The largest absolute Gasteiger partial charge is 0.426 e. The maximum atomic E-state index is 12.5. The number of fused-ring (bicyclic) bond motifs is 1. The Balaban J connectivity index is 1.48. The van der Waals surface area contributed by atoms with Crippen LogP contribution in [0, 0.1) is 12.8 Å². The second kappa shape index (κ2) is 6.64. The van der Waals surface area contributed by atoms with Gasteiger partial charge in [0.15, 0.2) is 0 Å². The van der Waals surface area contributed by atoms with Gasteiger partial charge in [0.1, 0.15) is 5.75 Å². The highest BCUT2D eigenvalue weighted by Gasteiger charge is 2.36. The first kappa shape index (κ1) is 16.3. The molecule has 4 rings (SSSR count). The lowest BCUT2D eigenvalue weighted by Crippen LogP contribution is -2.27. The molecule has 26 heavy (non-hydrogen) atoms. The van der Waals surface area contributed by atoms with Crippen LogP contribution < -0.4 is 9.64 Å². The quantitative estimate of drug-likeness (QED) is 0.530. The lowest BCUT2D eigenvalue weighted by atomic mass is 10.1. The number of carbonyl (C=O) groups is 2. The van der Waals surface area contributed by atoms with Gasteiger partial charge in [0.25, 0.3) is 0 Å². The molecule has 0 spiro atoms. The zero-order valence-electron chi connectivity index (χ0n) is 14.5. The Hall–Kier alpha value is -3.14. The average molecular weight is 345 g/mol. The van der Waals surface area contributed by atoms with E-state index in [0.717, 1.165) is 22.0 Å². The van der Waals surface area contributed by atoms with Crippen LogP contribution in [0.15, 0.2) is 66.7 Å². The maximum absolute atomic E-state index is 12.5. The molecule has 3 aromatic rings. The van der Waals surface area contributed by atoms with Gasteiger partial charge in [-0.1, -0.05) is 48.0 Å². The molecule has 1 aliphatic heterocycles. The fourth-order valence-corrected chi connectivity index (χ4v) is 3.27. The lowest BCUT2D eigenvalue weighted by Gasteiger charge is -2.16. The highest BCUT2D eigenvalue weighted by atomic mass is 16.5. The van der Waals surface area contributed by atoms with E-state index in [1.165, 1.54) is 0 Å². The van der Waals surface area contributed by atoms with Gasteiger partial charge in [-0.15, -0.1) is 0 Å². The van der Waals surface area contributed by atoms with E-state index in [2.05, 4.69) is 0 Å². The summed E-state index contributed by atoms with van der Waals surface area (Å²) >= 11 is 0. The third kappa shape index (κ3) is 3.18. The molecule has 1 amide bonds. The zero-order valence-corrected chi connectivity index (χ0v) is 14.5. The molecular weight excluding hydrogens is 326 g/mol. The number of carbonyl (C=O) groups excluding carboxylic acids is 2. The van der Waals surface area contributed by atoms with Gasteiger partial charge in [-0.25, -0.2) is 0 Å². The third-order valence-corrected chi connectivity index (χ3v) is 4.74. The molecule has 1 saturated heterocycles. The standard InChI is InChI=1S/C22H19NO3/c1-15-6-9-19(10-7-15)23-14-18(13-21(23)24)22(25)26-20-11-8-16-4-2-3-5-17(16)12-20/h2-12,18H,13-14H2,1H3/t18-/m0/s1. The van der Waals surface area contributed by atoms with Gasteiger partial charge in [0.2, 0.25) is 5.91 Å². The van der Waals surface area contributed by atoms with Crippen molar-refractivity contribution in [3.8, 4) is 5.75 Å². The van der Waals surface area contributed by atoms with E-state index >= 15 is 0 Å². The number of anilines is 1. The summed E-state index contributed by atoms with van der Waals surface area (Å²) in [7, 11) is 0. The summed E-state index contributed by atoms with van der Waals surface area (Å²) in [4.78, 5) is 26.5. The molecule has 1 fully saturated rings. The minimum absolute atomic E-state index is 0.0469. The Labute approximate surface area is 152 Å². The first-order chi connectivity index (χ1) is 12.6. The number of nitrogens with zero attached hydrogens (tertiary/aromatic N) is 1.